The van der Waals surface area contributed by atoms with E-state index in [1.165, 1.54) is 23.1 Å². The molecule has 0 fully saturated rings. The van der Waals surface area contributed by atoms with Gasteiger partial charge in [0.1, 0.15) is 5.75 Å². The van der Waals surface area contributed by atoms with Crippen LogP contribution < -0.4 is 5.73 Å². The summed E-state index contributed by atoms with van der Waals surface area (Å²) in [5.41, 5.74) is 5.42. The van der Waals surface area contributed by atoms with Crippen LogP contribution in [0, 0.1) is 0 Å². The topological polar surface area (TPSA) is 83.6 Å². The Hall–Kier alpha value is -2.04. The van der Waals surface area contributed by atoms with Gasteiger partial charge in [-0.2, -0.15) is 0 Å². The Morgan fingerprint density at radius 2 is 2.06 bits per heavy atom. The molecule has 0 aliphatic rings. The predicted molar refractivity (Wildman–Crippen MR) is 63.9 cm³/mol. The molecule has 0 saturated heterocycles. The molecule has 0 atom stereocenters. The normalized spacial score (nSPS) is 10.0. The monoisotopic (exact) mass is 236 g/mol. The summed E-state index contributed by atoms with van der Waals surface area (Å²) in [4.78, 5) is 24.4. The highest BCUT2D eigenvalue weighted by molar-refractivity contribution is 6.00. The van der Waals surface area contributed by atoms with Gasteiger partial charge in [0.2, 0.25) is 5.91 Å². The maximum absolute atomic E-state index is 11.9. The van der Waals surface area contributed by atoms with Crippen LogP contribution in [0.3, 0.4) is 0 Å². The second kappa shape index (κ2) is 5.34. The van der Waals surface area contributed by atoms with Gasteiger partial charge in [-0.05, 0) is 24.6 Å². The van der Waals surface area contributed by atoms with E-state index in [2.05, 4.69) is 0 Å². The van der Waals surface area contributed by atoms with Gasteiger partial charge in [0.05, 0.1) is 5.56 Å². The molecule has 1 aromatic carbocycles. The number of carbonyl (C=O) groups excluding carboxylic acids is 2. The molecule has 0 bridgehead atoms. The second-order valence-electron chi connectivity index (χ2n) is 3.82. The zero-order valence-corrected chi connectivity index (χ0v) is 9.93. The van der Waals surface area contributed by atoms with Crippen molar-refractivity contribution in [2.75, 3.05) is 13.6 Å². The van der Waals surface area contributed by atoms with Gasteiger partial charge < -0.3 is 15.7 Å². The van der Waals surface area contributed by atoms with Crippen LogP contribution >= 0.6 is 0 Å². The van der Waals surface area contributed by atoms with E-state index in [1.54, 1.807) is 7.05 Å². The molecule has 0 spiro atoms. The Kier molecular flexibility index (Phi) is 4.09. The van der Waals surface area contributed by atoms with Crippen LogP contribution in [0.2, 0.25) is 0 Å². The predicted octanol–water partition coefficient (Wildman–Crippen LogP) is 0.973. The standard InChI is InChI=1S/C12H16N2O3/c1-3-6-14(2)12(17)9-7-8(11(13)16)4-5-10(9)15/h4-5,7,15H,3,6H2,1-2H3,(H2,13,16). The van der Waals surface area contributed by atoms with Crippen molar-refractivity contribution < 1.29 is 14.7 Å². The number of carbonyl (C=O) groups is 2. The number of hydrogen-bond acceptors (Lipinski definition) is 3. The third-order valence-electron chi connectivity index (χ3n) is 2.42. The molecule has 0 unspecified atom stereocenters. The number of aromatic hydroxyl groups is 1. The van der Waals surface area contributed by atoms with Crippen molar-refractivity contribution in [3.8, 4) is 5.75 Å². The van der Waals surface area contributed by atoms with Gasteiger partial charge in [-0.25, -0.2) is 0 Å². The lowest BCUT2D eigenvalue weighted by Gasteiger charge is -2.17. The summed E-state index contributed by atoms with van der Waals surface area (Å²) in [6, 6.07) is 3.99. The number of phenols is 1. The van der Waals surface area contributed by atoms with Gasteiger partial charge in [0.25, 0.3) is 5.91 Å². The van der Waals surface area contributed by atoms with Crippen LogP contribution in [0.5, 0.6) is 5.75 Å². The fraction of sp³-hybridized carbons (Fsp3) is 0.333. The number of nitrogens with two attached hydrogens (primary N) is 1. The minimum absolute atomic E-state index is 0.0947. The Balaban J connectivity index is 3.07. The maximum Gasteiger partial charge on any atom is 0.257 e. The lowest BCUT2D eigenvalue weighted by molar-refractivity contribution is 0.0792. The third-order valence-corrected chi connectivity index (χ3v) is 2.42. The lowest BCUT2D eigenvalue weighted by Crippen LogP contribution is -2.27. The van der Waals surface area contributed by atoms with E-state index >= 15 is 0 Å². The molecular weight excluding hydrogens is 220 g/mol. The molecule has 1 aromatic rings. The summed E-state index contributed by atoms with van der Waals surface area (Å²) < 4.78 is 0. The highest BCUT2D eigenvalue weighted by Crippen LogP contribution is 2.20. The maximum atomic E-state index is 11.9. The number of phenolic OH excluding ortho intramolecular Hbond substituents is 1. The van der Waals surface area contributed by atoms with E-state index < -0.39 is 5.91 Å². The van der Waals surface area contributed by atoms with Crippen molar-refractivity contribution in [3.63, 3.8) is 0 Å². The quantitative estimate of drug-likeness (QED) is 0.817. The van der Waals surface area contributed by atoms with E-state index in [-0.39, 0.29) is 22.8 Å². The minimum atomic E-state index is -0.628. The van der Waals surface area contributed by atoms with Crippen LogP contribution in [0.1, 0.15) is 34.1 Å². The van der Waals surface area contributed by atoms with Crippen molar-refractivity contribution in [3.05, 3.63) is 29.3 Å². The first-order valence-corrected chi connectivity index (χ1v) is 5.35. The van der Waals surface area contributed by atoms with Crippen molar-refractivity contribution in [2.24, 2.45) is 5.73 Å². The van der Waals surface area contributed by atoms with Crippen LogP contribution in [0.4, 0.5) is 0 Å². The molecule has 1 rings (SSSR count). The zero-order valence-electron chi connectivity index (χ0n) is 9.93. The van der Waals surface area contributed by atoms with Gasteiger partial charge in [0.15, 0.2) is 0 Å². The molecule has 0 radical (unpaired) electrons. The van der Waals surface area contributed by atoms with Crippen molar-refractivity contribution in [2.45, 2.75) is 13.3 Å². The zero-order chi connectivity index (χ0) is 13.0. The number of nitrogens with zero attached hydrogens (tertiary/aromatic N) is 1. The molecule has 2 amide bonds. The van der Waals surface area contributed by atoms with Crippen LogP contribution in [-0.2, 0) is 0 Å². The van der Waals surface area contributed by atoms with E-state index in [1.807, 2.05) is 6.92 Å². The first-order chi connectivity index (χ1) is 7.97. The first-order valence-electron chi connectivity index (χ1n) is 5.35. The Morgan fingerprint density at radius 1 is 1.41 bits per heavy atom. The summed E-state index contributed by atoms with van der Waals surface area (Å²) in [7, 11) is 1.64. The Bertz CT molecular complexity index is 443. The van der Waals surface area contributed by atoms with Gasteiger partial charge in [-0.15, -0.1) is 0 Å². The molecule has 0 aromatic heterocycles. The Morgan fingerprint density at radius 3 is 2.59 bits per heavy atom. The summed E-state index contributed by atoms with van der Waals surface area (Å²) >= 11 is 0. The van der Waals surface area contributed by atoms with Gasteiger partial charge in [0, 0.05) is 19.2 Å². The highest BCUT2D eigenvalue weighted by atomic mass is 16.3. The van der Waals surface area contributed by atoms with Crippen molar-refractivity contribution in [1.29, 1.82) is 0 Å². The summed E-state index contributed by atoms with van der Waals surface area (Å²) in [5.74, 6) is -1.10. The fourth-order valence-electron chi connectivity index (χ4n) is 1.50. The number of hydrogen-bond donors (Lipinski definition) is 2. The minimum Gasteiger partial charge on any atom is -0.507 e. The van der Waals surface area contributed by atoms with Crippen LogP contribution in [0.25, 0.3) is 0 Å². The number of primary amides is 1. The van der Waals surface area contributed by atoms with Gasteiger partial charge in [-0.3, -0.25) is 9.59 Å². The lowest BCUT2D eigenvalue weighted by atomic mass is 10.1. The summed E-state index contributed by atoms with van der Waals surface area (Å²) in [6.45, 7) is 2.53. The first kappa shape index (κ1) is 13.0. The molecule has 5 heteroatoms. The van der Waals surface area contributed by atoms with E-state index in [4.69, 9.17) is 5.73 Å². The number of rotatable bonds is 4. The summed E-state index contributed by atoms with van der Waals surface area (Å²) in [5, 5.41) is 9.60. The number of amides is 2. The van der Waals surface area contributed by atoms with E-state index in [0.717, 1.165) is 6.42 Å². The summed E-state index contributed by atoms with van der Waals surface area (Å²) in [6.07, 6.45) is 0.818. The molecule has 17 heavy (non-hydrogen) atoms. The van der Waals surface area contributed by atoms with Crippen molar-refractivity contribution in [1.82, 2.24) is 4.90 Å². The number of benzene rings is 1. The fourth-order valence-corrected chi connectivity index (χ4v) is 1.50. The molecule has 0 saturated carbocycles. The molecule has 0 heterocycles. The smallest absolute Gasteiger partial charge is 0.257 e. The molecule has 5 nitrogen and oxygen atoms in total. The van der Waals surface area contributed by atoms with Crippen LogP contribution in [-0.4, -0.2) is 35.4 Å². The molecule has 0 aliphatic heterocycles. The van der Waals surface area contributed by atoms with Gasteiger partial charge >= 0.3 is 0 Å². The molecule has 0 aliphatic carbocycles. The molecule has 92 valence electrons. The molecule has 3 N–H and O–H groups in total. The molecular formula is C12H16N2O3. The van der Waals surface area contributed by atoms with E-state index in [0.29, 0.717) is 6.54 Å². The van der Waals surface area contributed by atoms with E-state index in [9.17, 15) is 14.7 Å². The Labute approximate surface area is 99.8 Å². The second-order valence-corrected chi connectivity index (χ2v) is 3.82. The van der Waals surface area contributed by atoms with Crippen LogP contribution in [0.15, 0.2) is 18.2 Å². The average molecular weight is 236 g/mol. The third kappa shape index (κ3) is 2.96. The average Bonchev–Trinajstić information content (AvgIpc) is 2.28. The highest BCUT2D eigenvalue weighted by Gasteiger charge is 2.16. The van der Waals surface area contributed by atoms with Gasteiger partial charge in [-0.1, -0.05) is 6.92 Å². The largest absolute Gasteiger partial charge is 0.507 e. The SMILES string of the molecule is CCCN(C)C(=O)c1cc(C(N)=O)ccc1O. The van der Waals surface area contributed by atoms with Crippen molar-refractivity contribution >= 4 is 11.8 Å².